The summed E-state index contributed by atoms with van der Waals surface area (Å²) >= 11 is 0. The Hall–Kier alpha value is -2.82. The molecular weight excluding hydrogens is 388 g/mol. The Morgan fingerprint density at radius 2 is 1.68 bits per heavy atom. The van der Waals surface area contributed by atoms with Crippen LogP contribution in [-0.4, -0.2) is 35.9 Å². The Morgan fingerprint density at radius 1 is 1.03 bits per heavy atom. The standard InChI is InChI=1S/C26H36N2O3/c1-7-22(25(30)27-8-2)28(17-20-14-10-9-13-19(20)3)24(29)18-31-23-16-12-11-15-21(23)26(4,5)6/h9-16,22H,7-8,17-18H2,1-6H3,(H,27,30). The van der Waals surface area contributed by atoms with Gasteiger partial charge in [0.25, 0.3) is 5.91 Å². The molecule has 0 saturated carbocycles. The Labute approximate surface area is 186 Å². The molecule has 0 bridgehead atoms. The number of para-hydroxylation sites is 1. The quantitative estimate of drug-likeness (QED) is 0.639. The van der Waals surface area contributed by atoms with Crippen molar-refractivity contribution in [2.75, 3.05) is 13.2 Å². The third kappa shape index (κ3) is 6.58. The SMILES string of the molecule is CCNC(=O)C(CC)N(Cc1ccccc1C)C(=O)COc1ccccc1C(C)(C)C. The highest BCUT2D eigenvalue weighted by molar-refractivity contribution is 5.88. The second kappa shape index (κ2) is 11.0. The number of nitrogens with one attached hydrogen (secondary N) is 1. The number of nitrogens with zero attached hydrogens (tertiary/aromatic N) is 1. The van der Waals surface area contributed by atoms with E-state index < -0.39 is 6.04 Å². The minimum Gasteiger partial charge on any atom is -0.483 e. The van der Waals surface area contributed by atoms with Crippen LogP contribution in [0.15, 0.2) is 48.5 Å². The molecule has 2 rings (SSSR count). The molecule has 0 radical (unpaired) electrons. The molecule has 2 aromatic carbocycles. The molecule has 31 heavy (non-hydrogen) atoms. The average molecular weight is 425 g/mol. The van der Waals surface area contributed by atoms with Crippen molar-refractivity contribution in [3.05, 3.63) is 65.2 Å². The van der Waals surface area contributed by atoms with Gasteiger partial charge in [-0.15, -0.1) is 0 Å². The van der Waals surface area contributed by atoms with E-state index in [1.807, 2.05) is 69.3 Å². The molecule has 1 unspecified atom stereocenters. The second-order valence-corrected chi connectivity index (χ2v) is 8.80. The predicted octanol–water partition coefficient (Wildman–Crippen LogP) is 4.61. The first-order valence-corrected chi connectivity index (χ1v) is 11.0. The number of ether oxygens (including phenoxy) is 1. The molecule has 1 N–H and O–H groups in total. The van der Waals surface area contributed by atoms with Gasteiger partial charge in [0, 0.05) is 13.1 Å². The van der Waals surface area contributed by atoms with Crippen molar-refractivity contribution in [2.24, 2.45) is 0 Å². The van der Waals surface area contributed by atoms with E-state index in [4.69, 9.17) is 4.74 Å². The largest absolute Gasteiger partial charge is 0.483 e. The number of amides is 2. The van der Waals surface area contributed by atoms with Crippen LogP contribution >= 0.6 is 0 Å². The molecule has 5 heteroatoms. The number of likely N-dealkylation sites (N-methyl/N-ethyl adjacent to an activating group) is 1. The van der Waals surface area contributed by atoms with Crippen LogP contribution in [-0.2, 0) is 21.5 Å². The molecule has 0 saturated heterocycles. The molecule has 1 atom stereocenters. The monoisotopic (exact) mass is 424 g/mol. The summed E-state index contributed by atoms with van der Waals surface area (Å²) in [6, 6.07) is 15.2. The minimum atomic E-state index is -0.548. The van der Waals surface area contributed by atoms with Gasteiger partial charge in [0.05, 0.1) is 0 Å². The lowest BCUT2D eigenvalue weighted by atomic mass is 9.86. The highest BCUT2D eigenvalue weighted by Gasteiger charge is 2.29. The predicted molar refractivity (Wildman–Crippen MR) is 125 cm³/mol. The van der Waals surface area contributed by atoms with Gasteiger partial charge in [-0.05, 0) is 48.4 Å². The maximum Gasteiger partial charge on any atom is 0.261 e. The highest BCUT2D eigenvalue weighted by atomic mass is 16.5. The number of hydrogen-bond donors (Lipinski definition) is 1. The van der Waals surface area contributed by atoms with Crippen molar-refractivity contribution in [1.82, 2.24) is 10.2 Å². The summed E-state index contributed by atoms with van der Waals surface area (Å²) in [6.07, 6.45) is 0.530. The first kappa shape index (κ1) is 24.4. The molecule has 0 aliphatic carbocycles. The zero-order chi connectivity index (χ0) is 23.0. The van der Waals surface area contributed by atoms with Crippen molar-refractivity contribution >= 4 is 11.8 Å². The van der Waals surface area contributed by atoms with Gasteiger partial charge in [-0.25, -0.2) is 0 Å². The van der Waals surface area contributed by atoms with Crippen LogP contribution in [0.4, 0.5) is 0 Å². The molecule has 5 nitrogen and oxygen atoms in total. The number of hydrogen-bond acceptors (Lipinski definition) is 3. The Morgan fingerprint density at radius 3 is 2.29 bits per heavy atom. The van der Waals surface area contributed by atoms with Crippen LogP contribution in [0.5, 0.6) is 5.75 Å². The van der Waals surface area contributed by atoms with Gasteiger partial charge < -0.3 is 15.0 Å². The molecule has 2 amide bonds. The molecule has 0 aliphatic rings. The van der Waals surface area contributed by atoms with Crippen LogP contribution in [0.1, 0.15) is 57.7 Å². The third-order valence-corrected chi connectivity index (χ3v) is 5.39. The minimum absolute atomic E-state index is 0.104. The maximum atomic E-state index is 13.3. The third-order valence-electron chi connectivity index (χ3n) is 5.39. The molecule has 168 valence electrons. The molecule has 0 fully saturated rings. The lowest BCUT2D eigenvalue weighted by Crippen LogP contribution is -2.50. The van der Waals surface area contributed by atoms with Gasteiger partial charge in [0.2, 0.25) is 5.91 Å². The summed E-state index contributed by atoms with van der Waals surface area (Å²) in [5.74, 6) is 0.359. The van der Waals surface area contributed by atoms with Crippen molar-refractivity contribution in [3.63, 3.8) is 0 Å². The van der Waals surface area contributed by atoms with Crippen LogP contribution in [0.25, 0.3) is 0 Å². The molecule has 0 spiro atoms. The first-order valence-electron chi connectivity index (χ1n) is 11.0. The van der Waals surface area contributed by atoms with E-state index in [1.54, 1.807) is 4.90 Å². The van der Waals surface area contributed by atoms with Crippen LogP contribution in [0.3, 0.4) is 0 Å². The second-order valence-electron chi connectivity index (χ2n) is 8.80. The fraction of sp³-hybridized carbons (Fsp3) is 0.462. The number of benzene rings is 2. The summed E-state index contributed by atoms with van der Waals surface area (Å²) in [5.41, 5.74) is 3.05. The smallest absolute Gasteiger partial charge is 0.261 e. The first-order chi connectivity index (χ1) is 14.7. The van der Waals surface area contributed by atoms with Crippen LogP contribution < -0.4 is 10.1 Å². The van der Waals surface area contributed by atoms with E-state index in [9.17, 15) is 9.59 Å². The van der Waals surface area contributed by atoms with Gasteiger partial charge >= 0.3 is 0 Å². The highest BCUT2D eigenvalue weighted by Crippen LogP contribution is 2.31. The van der Waals surface area contributed by atoms with E-state index in [-0.39, 0.29) is 23.8 Å². The number of carbonyl (C=O) groups excluding carboxylic acids is 2. The van der Waals surface area contributed by atoms with Crippen molar-refractivity contribution < 1.29 is 14.3 Å². The fourth-order valence-corrected chi connectivity index (χ4v) is 3.62. The Bertz CT molecular complexity index is 886. The maximum absolute atomic E-state index is 13.3. The van der Waals surface area contributed by atoms with E-state index in [0.29, 0.717) is 25.3 Å². The Balaban J connectivity index is 2.28. The Kier molecular flexibility index (Phi) is 8.66. The van der Waals surface area contributed by atoms with Gasteiger partial charge in [0.1, 0.15) is 11.8 Å². The number of aryl methyl sites for hydroxylation is 1. The topological polar surface area (TPSA) is 58.6 Å². The fourth-order valence-electron chi connectivity index (χ4n) is 3.62. The molecule has 0 aromatic heterocycles. The van der Waals surface area contributed by atoms with Crippen LogP contribution in [0, 0.1) is 6.92 Å². The van der Waals surface area contributed by atoms with E-state index in [2.05, 4.69) is 26.1 Å². The van der Waals surface area contributed by atoms with Gasteiger partial charge in [-0.1, -0.05) is 70.2 Å². The van der Waals surface area contributed by atoms with Crippen molar-refractivity contribution in [1.29, 1.82) is 0 Å². The lowest BCUT2D eigenvalue weighted by Gasteiger charge is -2.31. The zero-order valence-corrected chi connectivity index (χ0v) is 19.7. The average Bonchev–Trinajstić information content (AvgIpc) is 2.73. The van der Waals surface area contributed by atoms with Gasteiger partial charge in [-0.3, -0.25) is 9.59 Å². The lowest BCUT2D eigenvalue weighted by molar-refractivity contribution is -0.143. The molecule has 2 aromatic rings. The molecule has 0 heterocycles. The number of carbonyl (C=O) groups is 2. The van der Waals surface area contributed by atoms with Crippen LogP contribution in [0.2, 0.25) is 0 Å². The summed E-state index contributed by atoms with van der Waals surface area (Å²) in [6.45, 7) is 12.9. The number of rotatable bonds is 9. The van der Waals surface area contributed by atoms with Crippen molar-refractivity contribution in [2.45, 2.75) is 66.0 Å². The van der Waals surface area contributed by atoms with E-state index in [0.717, 1.165) is 16.7 Å². The molecule has 0 aliphatic heterocycles. The summed E-state index contributed by atoms with van der Waals surface area (Å²) < 4.78 is 5.99. The summed E-state index contributed by atoms with van der Waals surface area (Å²) in [4.78, 5) is 27.7. The normalized spacial score (nSPS) is 12.2. The van der Waals surface area contributed by atoms with Crippen molar-refractivity contribution in [3.8, 4) is 5.75 Å². The van der Waals surface area contributed by atoms with E-state index in [1.165, 1.54) is 0 Å². The van der Waals surface area contributed by atoms with Gasteiger partial charge in [-0.2, -0.15) is 0 Å². The van der Waals surface area contributed by atoms with E-state index >= 15 is 0 Å². The molecular formula is C26H36N2O3. The zero-order valence-electron chi connectivity index (χ0n) is 19.7. The van der Waals surface area contributed by atoms with Gasteiger partial charge in [0.15, 0.2) is 6.61 Å². The summed E-state index contributed by atoms with van der Waals surface area (Å²) in [7, 11) is 0. The summed E-state index contributed by atoms with van der Waals surface area (Å²) in [5, 5.41) is 2.86.